The van der Waals surface area contributed by atoms with Crippen molar-refractivity contribution in [3.05, 3.63) is 35.9 Å². The van der Waals surface area contributed by atoms with Gasteiger partial charge in [-0.15, -0.1) is 0 Å². The highest BCUT2D eigenvalue weighted by Gasteiger charge is 2.45. The summed E-state index contributed by atoms with van der Waals surface area (Å²) in [5.74, 6) is -1.56. The van der Waals surface area contributed by atoms with Gasteiger partial charge in [0.05, 0.1) is 5.92 Å². The Labute approximate surface area is 137 Å². The summed E-state index contributed by atoms with van der Waals surface area (Å²) >= 11 is 0. The topological polar surface area (TPSA) is 66.8 Å². The Bertz CT molecular complexity index is 564. The Morgan fingerprint density at radius 2 is 1.78 bits per heavy atom. The van der Waals surface area contributed by atoms with Gasteiger partial charge in [-0.25, -0.2) is 4.79 Å². The van der Waals surface area contributed by atoms with Crippen LogP contribution in [0.15, 0.2) is 30.3 Å². The number of carboxylic acids is 1. The number of benzene rings is 1. The van der Waals surface area contributed by atoms with E-state index in [1.54, 1.807) is 27.8 Å². The van der Waals surface area contributed by atoms with Crippen LogP contribution in [-0.4, -0.2) is 40.8 Å². The van der Waals surface area contributed by atoms with Gasteiger partial charge in [-0.3, -0.25) is 4.79 Å². The molecule has 1 aliphatic carbocycles. The van der Waals surface area contributed by atoms with Gasteiger partial charge in [-0.1, -0.05) is 30.3 Å². The maximum atomic E-state index is 12.3. The van der Waals surface area contributed by atoms with Gasteiger partial charge in [0.1, 0.15) is 5.60 Å². The van der Waals surface area contributed by atoms with E-state index in [-0.39, 0.29) is 12.0 Å². The molecule has 0 spiro atoms. The van der Waals surface area contributed by atoms with E-state index < -0.39 is 23.6 Å². The second-order valence-electron chi connectivity index (χ2n) is 7.12. The van der Waals surface area contributed by atoms with Gasteiger partial charge in [-0.2, -0.15) is 0 Å². The minimum Gasteiger partial charge on any atom is -0.481 e. The molecule has 0 radical (unpaired) electrons. The molecule has 5 heteroatoms. The first-order chi connectivity index (χ1) is 10.7. The average Bonchev–Trinajstić information content (AvgIpc) is 2.90. The first kappa shape index (κ1) is 17.3. The molecule has 5 nitrogen and oxygen atoms in total. The normalized spacial score (nSPS) is 24.3. The van der Waals surface area contributed by atoms with E-state index in [0.717, 1.165) is 12.0 Å². The van der Waals surface area contributed by atoms with Crippen LogP contribution in [0.4, 0.5) is 4.79 Å². The van der Waals surface area contributed by atoms with Gasteiger partial charge in [-0.05, 0) is 45.1 Å². The lowest BCUT2D eigenvalue weighted by molar-refractivity contribution is -0.143. The molecule has 0 unspecified atom stereocenters. The van der Waals surface area contributed by atoms with Crippen LogP contribution in [0.3, 0.4) is 0 Å². The van der Waals surface area contributed by atoms with Crippen molar-refractivity contribution in [2.45, 2.75) is 51.2 Å². The van der Waals surface area contributed by atoms with Crippen molar-refractivity contribution in [1.82, 2.24) is 4.90 Å². The van der Waals surface area contributed by atoms with Crippen molar-refractivity contribution < 1.29 is 19.4 Å². The van der Waals surface area contributed by atoms with E-state index in [4.69, 9.17) is 4.74 Å². The molecule has 1 saturated carbocycles. The van der Waals surface area contributed by atoms with Crippen LogP contribution in [0.25, 0.3) is 0 Å². The third kappa shape index (κ3) is 4.03. The maximum absolute atomic E-state index is 12.3. The monoisotopic (exact) mass is 319 g/mol. The summed E-state index contributed by atoms with van der Waals surface area (Å²) in [7, 11) is 1.63. The molecule has 23 heavy (non-hydrogen) atoms. The molecular weight excluding hydrogens is 294 g/mol. The molecule has 3 atom stereocenters. The first-order valence-corrected chi connectivity index (χ1v) is 7.94. The summed E-state index contributed by atoms with van der Waals surface area (Å²) in [5, 5.41) is 9.70. The van der Waals surface area contributed by atoms with Crippen LogP contribution in [0.2, 0.25) is 0 Å². The molecule has 0 saturated heterocycles. The number of carbonyl (C=O) groups is 2. The highest BCUT2D eigenvalue weighted by Crippen LogP contribution is 2.42. The summed E-state index contributed by atoms with van der Waals surface area (Å²) in [6, 6.07) is 9.30. The number of nitrogens with zero attached hydrogens (tertiary/aromatic N) is 1. The molecule has 1 aromatic carbocycles. The van der Waals surface area contributed by atoms with Crippen molar-refractivity contribution in [3.8, 4) is 0 Å². The number of aliphatic carboxylic acids is 1. The van der Waals surface area contributed by atoms with E-state index in [9.17, 15) is 14.7 Å². The zero-order chi connectivity index (χ0) is 17.2. The number of carbonyl (C=O) groups excluding carboxylic acids is 1. The van der Waals surface area contributed by atoms with Gasteiger partial charge in [0, 0.05) is 13.1 Å². The molecular formula is C18H25NO4. The van der Waals surface area contributed by atoms with E-state index in [2.05, 4.69) is 0 Å². The number of amides is 1. The lowest BCUT2D eigenvalue weighted by Crippen LogP contribution is -2.45. The lowest BCUT2D eigenvalue weighted by atomic mass is 9.87. The minimum absolute atomic E-state index is 0.0800. The summed E-state index contributed by atoms with van der Waals surface area (Å²) in [6.45, 7) is 5.40. The number of ether oxygens (including phenoxy) is 1. The first-order valence-electron chi connectivity index (χ1n) is 7.94. The Kier molecular flexibility index (Phi) is 4.97. The zero-order valence-corrected chi connectivity index (χ0v) is 14.2. The van der Waals surface area contributed by atoms with Gasteiger partial charge in [0.2, 0.25) is 0 Å². The van der Waals surface area contributed by atoms with Gasteiger partial charge in [0.25, 0.3) is 0 Å². The van der Waals surface area contributed by atoms with Crippen molar-refractivity contribution in [3.63, 3.8) is 0 Å². The van der Waals surface area contributed by atoms with Crippen LogP contribution in [0.5, 0.6) is 0 Å². The Balaban J connectivity index is 2.19. The average molecular weight is 319 g/mol. The zero-order valence-electron chi connectivity index (χ0n) is 14.2. The molecule has 1 aliphatic rings. The summed E-state index contributed by atoms with van der Waals surface area (Å²) < 4.78 is 5.37. The molecule has 0 aliphatic heterocycles. The molecule has 0 bridgehead atoms. The highest BCUT2D eigenvalue weighted by atomic mass is 16.6. The molecule has 1 fully saturated rings. The quantitative estimate of drug-likeness (QED) is 0.926. The second kappa shape index (κ2) is 6.60. The minimum atomic E-state index is -0.864. The van der Waals surface area contributed by atoms with E-state index in [1.807, 2.05) is 30.3 Å². The fourth-order valence-electron chi connectivity index (χ4n) is 3.29. The Morgan fingerprint density at radius 3 is 2.30 bits per heavy atom. The van der Waals surface area contributed by atoms with Crippen molar-refractivity contribution in [2.24, 2.45) is 5.92 Å². The van der Waals surface area contributed by atoms with Crippen LogP contribution in [0.1, 0.15) is 45.1 Å². The standard InChI is InChI=1S/C18H25NO4/c1-18(2,3)23-17(22)19(4)14-11-10-13(15(14)16(20)21)12-8-6-5-7-9-12/h5-9,13-15H,10-11H2,1-4H3,(H,20,21)/t13-,14-,15-/m0/s1. The third-order valence-corrected chi connectivity index (χ3v) is 4.31. The van der Waals surface area contributed by atoms with Crippen molar-refractivity contribution >= 4 is 12.1 Å². The summed E-state index contributed by atoms with van der Waals surface area (Å²) in [5.41, 5.74) is 0.418. The van der Waals surface area contributed by atoms with E-state index >= 15 is 0 Å². The number of rotatable bonds is 3. The fourth-order valence-corrected chi connectivity index (χ4v) is 3.29. The largest absolute Gasteiger partial charge is 0.481 e. The third-order valence-electron chi connectivity index (χ3n) is 4.31. The van der Waals surface area contributed by atoms with Crippen LogP contribution >= 0.6 is 0 Å². The fraction of sp³-hybridized carbons (Fsp3) is 0.556. The van der Waals surface area contributed by atoms with E-state index in [1.165, 1.54) is 4.90 Å². The van der Waals surface area contributed by atoms with E-state index in [0.29, 0.717) is 6.42 Å². The summed E-state index contributed by atoms with van der Waals surface area (Å²) in [6.07, 6.45) is 0.938. The molecule has 1 amide bonds. The SMILES string of the molecule is CN(C(=O)OC(C)(C)C)[C@H]1CC[C@@H](c2ccccc2)[C@@H]1C(=O)O. The summed E-state index contributed by atoms with van der Waals surface area (Å²) in [4.78, 5) is 25.5. The van der Waals surface area contributed by atoms with Gasteiger partial charge in [0.15, 0.2) is 0 Å². The lowest BCUT2D eigenvalue weighted by Gasteiger charge is -2.31. The molecule has 0 aromatic heterocycles. The highest BCUT2D eigenvalue weighted by molar-refractivity contribution is 5.75. The molecule has 2 rings (SSSR count). The van der Waals surface area contributed by atoms with Crippen molar-refractivity contribution in [2.75, 3.05) is 7.05 Å². The number of carboxylic acid groups (broad SMARTS) is 1. The smallest absolute Gasteiger partial charge is 0.410 e. The van der Waals surface area contributed by atoms with Gasteiger partial charge < -0.3 is 14.7 Å². The number of hydrogen-bond acceptors (Lipinski definition) is 3. The Morgan fingerprint density at radius 1 is 1.17 bits per heavy atom. The molecule has 1 aromatic rings. The predicted octanol–water partition coefficient (Wildman–Crippen LogP) is 3.50. The molecule has 1 N–H and O–H groups in total. The Hall–Kier alpha value is -2.04. The maximum Gasteiger partial charge on any atom is 0.410 e. The second-order valence-corrected chi connectivity index (χ2v) is 7.12. The molecule has 126 valence electrons. The van der Waals surface area contributed by atoms with Gasteiger partial charge >= 0.3 is 12.1 Å². The molecule has 0 heterocycles. The number of hydrogen-bond donors (Lipinski definition) is 1. The van der Waals surface area contributed by atoms with Crippen molar-refractivity contribution in [1.29, 1.82) is 0 Å². The predicted molar refractivity (Wildman–Crippen MR) is 87.3 cm³/mol. The van der Waals surface area contributed by atoms with Crippen LogP contribution in [-0.2, 0) is 9.53 Å². The van der Waals surface area contributed by atoms with Crippen LogP contribution in [0, 0.1) is 5.92 Å². The van der Waals surface area contributed by atoms with Crippen LogP contribution < -0.4 is 0 Å².